The SMILES string of the molecule is CCCC(=O)N1CCC[C@H](C(=O)NCCCc2ccc(N(C)C)cc2)C1. The zero-order chi connectivity index (χ0) is 18.9. The Morgan fingerprint density at radius 1 is 1.23 bits per heavy atom. The minimum absolute atomic E-state index is 0.0519. The van der Waals surface area contributed by atoms with E-state index < -0.39 is 0 Å². The Kier molecular flexibility index (Phi) is 7.95. The number of hydrogen-bond donors (Lipinski definition) is 1. The number of nitrogens with one attached hydrogen (secondary N) is 1. The van der Waals surface area contributed by atoms with Gasteiger partial charge in [-0.3, -0.25) is 9.59 Å². The molecule has 1 aliphatic heterocycles. The third kappa shape index (κ3) is 6.04. The van der Waals surface area contributed by atoms with Crippen molar-refractivity contribution < 1.29 is 9.59 Å². The molecule has 1 fully saturated rings. The Bertz CT molecular complexity index is 583. The number of hydrogen-bond acceptors (Lipinski definition) is 3. The number of carbonyl (C=O) groups excluding carboxylic acids is 2. The van der Waals surface area contributed by atoms with Crippen LogP contribution in [0.3, 0.4) is 0 Å². The Morgan fingerprint density at radius 2 is 1.96 bits per heavy atom. The summed E-state index contributed by atoms with van der Waals surface area (Å²) in [6.45, 7) is 4.08. The van der Waals surface area contributed by atoms with Gasteiger partial charge in [-0.25, -0.2) is 0 Å². The third-order valence-electron chi connectivity index (χ3n) is 5.00. The first-order chi connectivity index (χ1) is 12.5. The molecular weight excluding hydrogens is 326 g/mol. The lowest BCUT2D eigenvalue weighted by molar-refractivity contribution is -0.135. The summed E-state index contributed by atoms with van der Waals surface area (Å²) < 4.78 is 0. The van der Waals surface area contributed by atoms with Gasteiger partial charge in [0.2, 0.25) is 11.8 Å². The van der Waals surface area contributed by atoms with E-state index in [1.165, 1.54) is 11.3 Å². The van der Waals surface area contributed by atoms with E-state index in [1.807, 2.05) is 25.9 Å². The fourth-order valence-electron chi connectivity index (χ4n) is 3.40. The molecule has 144 valence electrons. The molecular formula is C21H33N3O2. The van der Waals surface area contributed by atoms with Crippen molar-refractivity contribution in [2.75, 3.05) is 38.6 Å². The lowest BCUT2D eigenvalue weighted by Crippen LogP contribution is -2.45. The molecule has 0 aliphatic carbocycles. The van der Waals surface area contributed by atoms with E-state index in [0.717, 1.165) is 38.6 Å². The molecule has 0 radical (unpaired) electrons. The van der Waals surface area contributed by atoms with Gasteiger partial charge in [-0.15, -0.1) is 0 Å². The highest BCUT2D eigenvalue weighted by Gasteiger charge is 2.27. The molecule has 0 spiro atoms. The van der Waals surface area contributed by atoms with E-state index >= 15 is 0 Å². The van der Waals surface area contributed by atoms with Crippen LogP contribution in [0.4, 0.5) is 5.69 Å². The minimum Gasteiger partial charge on any atom is -0.378 e. The van der Waals surface area contributed by atoms with Crippen LogP contribution in [0.15, 0.2) is 24.3 Å². The monoisotopic (exact) mass is 359 g/mol. The zero-order valence-electron chi connectivity index (χ0n) is 16.5. The van der Waals surface area contributed by atoms with Crippen molar-refractivity contribution in [2.45, 2.75) is 45.4 Å². The number of rotatable bonds is 8. The van der Waals surface area contributed by atoms with Gasteiger partial charge >= 0.3 is 0 Å². The summed E-state index contributed by atoms with van der Waals surface area (Å²) in [4.78, 5) is 28.4. The average Bonchev–Trinajstić information content (AvgIpc) is 2.65. The molecule has 2 rings (SSSR count). The number of benzene rings is 1. The summed E-state index contributed by atoms with van der Waals surface area (Å²) in [7, 11) is 4.07. The lowest BCUT2D eigenvalue weighted by atomic mass is 9.96. The van der Waals surface area contributed by atoms with Crippen molar-refractivity contribution in [1.82, 2.24) is 10.2 Å². The molecule has 1 saturated heterocycles. The number of piperidine rings is 1. The molecule has 5 nitrogen and oxygen atoms in total. The summed E-state index contributed by atoms with van der Waals surface area (Å²) in [5, 5.41) is 3.06. The highest BCUT2D eigenvalue weighted by Crippen LogP contribution is 2.18. The molecule has 1 aliphatic rings. The average molecular weight is 360 g/mol. The molecule has 0 saturated carbocycles. The molecule has 1 heterocycles. The molecule has 1 atom stereocenters. The fraction of sp³-hybridized carbons (Fsp3) is 0.619. The number of aryl methyl sites for hydroxylation is 1. The first-order valence-corrected chi connectivity index (χ1v) is 9.83. The number of anilines is 1. The molecule has 1 aromatic carbocycles. The topological polar surface area (TPSA) is 52.7 Å². The van der Waals surface area contributed by atoms with Gasteiger partial charge in [-0.2, -0.15) is 0 Å². The van der Waals surface area contributed by atoms with E-state index in [-0.39, 0.29) is 17.7 Å². The number of likely N-dealkylation sites (tertiary alicyclic amines) is 1. The van der Waals surface area contributed by atoms with Gasteiger partial charge in [-0.05, 0) is 49.8 Å². The first kappa shape index (κ1) is 20.3. The lowest BCUT2D eigenvalue weighted by Gasteiger charge is -2.32. The van der Waals surface area contributed by atoms with Crippen LogP contribution >= 0.6 is 0 Å². The standard InChI is InChI=1S/C21H33N3O2/c1-4-7-20(25)24-15-6-9-18(16-24)21(26)22-14-5-8-17-10-12-19(13-11-17)23(2)3/h10-13,18H,4-9,14-16H2,1-3H3,(H,22,26)/t18-/m0/s1. The second kappa shape index (κ2) is 10.2. The summed E-state index contributed by atoms with van der Waals surface area (Å²) in [5.41, 5.74) is 2.49. The molecule has 26 heavy (non-hydrogen) atoms. The van der Waals surface area contributed by atoms with E-state index in [4.69, 9.17) is 0 Å². The van der Waals surface area contributed by atoms with E-state index in [1.54, 1.807) is 0 Å². The second-order valence-electron chi connectivity index (χ2n) is 7.38. The maximum Gasteiger partial charge on any atom is 0.224 e. The van der Waals surface area contributed by atoms with Crippen LogP contribution in [0.5, 0.6) is 0 Å². The van der Waals surface area contributed by atoms with Crippen molar-refractivity contribution >= 4 is 17.5 Å². The molecule has 0 unspecified atom stereocenters. The van der Waals surface area contributed by atoms with Gasteiger partial charge in [0.25, 0.3) is 0 Å². The fourth-order valence-corrected chi connectivity index (χ4v) is 3.40. The quantitative estimate of drug-likeness (QED) is 0.726. The molecule has 5 heteroatoms. The van der Waals surface area contributed by atoms with Crippen molar-refractivity contribution in [2.24, 2.45) is 5.92 Å². The van der Waals surface area contributed by atoms with Gasteiger partial charge in [0, 0.05) is 45.8 Å². The zero-order valence-corrected chi connectivity index (χ0v) is 16.5. The smallest absolute Gasteiger partial charge is 0.224 e. The summed E-state index contributed by atoms with van der Waals surface area (Å²) in [6, 6.07) is 8.54. The Labute approximate surface area is 157 Å². The van der Waals surface area contributed by atoms with Gasteiger partial charge in [0.15, 0.2) is 0 Å². The minimum atomic E-state index is -0.0519. The Hall–Kier alpha value is -2.04. The summed E-state index contributed by atoms with van der Waals surface area (Å²) in [5.74, 6) is 0.233. The van der Waals surface area contributed by atoms with E-state index in [0.29, 0.717) is 19.5 Å². The molecule has 1 N–H and O–H groups in total. The molecule has 0 aromatic heterocycles. The van der Waals surface area contributed by atoms with Crippen LogP contribution < -0.4 is 10.2 Å². The highest BCUT2D eigenvalue weighted by atomic mass is 16.2. The van der Waals surface area contributed by atoms with Crippen molar-refractivity contribution in [3.8, 4) is 0 Å². The van der Waals surface area contributed by atoms with Crippen molar-refractivity contribution in [1.29, 1.82) is 0 Å². The van der Waals surface area contributed by atoms with Crippen LogP contribution in [0.1, 0.15) is 44.6 Å². The Morgan fingerprint density at radius 3 is 2.62 bits per heavy atom. The van der Waals surface area contributed by atoms with Crippen molar-refractivity contribution in [3.63, 3.8) is 0 Å². The van der Waals surface area contributed by atoms with Crippen LogP contribution in [0.25, 0.3) is 0 Å². The summed E-state index contributed by atoms with van der Waals surface area (Å²) >= 11 is 0. The third-order valence-corrected chi connectivity index (χ3v) is 5.00. The molecule has 1 aromatic rings. The maximum absolute atomic E-state index is 12.4. The number of carbonyl (C=O) groups is 2. The normalized spacial score (nSPS) is 17.0. The van der Waals surface area contributed by atoms with Crippen LogP contribution in [0, 0.1) is 5.92 Å². The number of amides is 2. The molecule has 2 amide bonds. The highest BCUT2D eigenvalue weighted by molar-refractivity contribution is 5.81. The number of nitrogens with zero attached hydrogens (tertiary/aromatic N) is 2. The van der Waals surface area contributed by atoms with Crippen LogP contribution in [-0.2, 0) is 16.0 Å². The first-order valence-electron chi connectivity index (χ1n) is 9.83. The van der Waals surface area contributed by atoms with Gasteiger partial charge in [0.05, 0.1) is 5.92 Å². The maximum atomic E-state index is 12.4. The predicted molar refractivity (Wildman–Crippen MR) is 106 cm³/mol. The Balaban J connectivity index is 1.70. The predicted octanol–water partition coefficient (Wildman–Crippen LogP) is 2.84. The van der Waals surface area contributed by atoms with Gasteiger partial charge in [0.1, 0.15) is 0 Å². The van der Waals surface area contributed by atoms with E-state index in [9.17, 15) is 9.59 Å². The van der Waals surface area contributed by atoms with E-state index in [2.05, 4.69) is 34.5 Å². The van der Waals surface area contributed by atoms with Gasteiger partial charge in [-0.1, -0.05) is 19.1 Å². The van der Waals surface area contributed by atoms with Crippen molar-refractivity contribution in [3.05, 3.63) is 29.8 Å². The summed E-state index contributed by atoms with van der Waals surface area (Å²) in [6.07, 6.45) is 5.14. The van der Waals surface area contributed by atoms with Crippen LogP contribution in [-0.4, -0.2) is 50.4 Å². The molecule has 0 bridgehead atoms. The largest absolute Gasteiger partial charge is 0.378 e. The van der Waals surface area contributed by atoms with Gasteiger partial charge < -0.3 is 15.1 Å². The van der Waals surface area contributed by atoms with Crippen LogP contribution in [0.2, 0.25) is 0 Å². The second-order valence-corrected chi connectivity index (χ2v) is 7.38.